The SMILES string of the molecule is COC(=O)c1sccc1NC(=S)N/N=C/c1ccccc1OC. The zero-order valence-electron chi connectivity index (χ0n) is 12.5. The van der Waals surface area contributed by atoms with E-state index in [1.807, 2.05) is 24.3 Å². The normalized spacial score (nSPS) is 10.3. The third kappa shape index (κ3) is 4.51. The number of nitrogens with one attached hydrogen (secondary N) is 2. The van der Waals surface area contributed by atoms with E-state index in [0.29, 0.717) is 16.3 Å². The summed E-state index contributed by atoms with van der Waals surface area (Å²) in [5.41, 5.74) is 4.08. The zero-order chi connectivity index (χ0) is 16.7. The molecule has 0 spiro atoms. The van der Waals surface area contributed by atoms with Crippen LogP contribution in [0.15, 0.2) is 40.8 Å². The third-order valence-electron chi connectivity index (χ3n) is 2.79. The molecular formula is C15H15N3O3S2. The Labute approximate surface area is 143 Å². The van der Waals surface area contributed by atoms with Crippen LogP contribution >= 0.6 is 23.6 Å². The average molecular weight is 349 g/mol. The maximum Gasteiger partial charge on any atom is 0.350 e. The molecule has 0 fully saturated rings. The highest BCUT2D eigenvalue weighted by atomic mass is 32.1. The lowest BCUT2D eigenvalue weighted by molar-refractivity contribution is 0.0607. The van der Waals surface area contributed by atoms with Crippen LogP contribution in [0.5, 0.6) is 5.75 Å². The van der Waals surface area contributed by atoms with Crippen molar-refractivity contribution in [2.24, 2.45) is 5.10 Å². The number of carbonyl (C=O) groups excluding carboxylic acids is 1. The van der Waals surface area contributed by atoms with Gasteiger partial charge in [0, 0.05) is 5.56 Å². The number of hydrazone groups is 1. The lowest BCUT2D eigenvalue weighted by Crippen LogP contribution is -2.24. The maximum atomic E-state index is 11.6. The van der Waals surface area contributed by atoms with Crippen molar-refractivity contribution in [2.45, 2.75) is 0 Å². The van der Waals surface area contributed by atoms with Crippen LogP contribution < -0.4 is 15.5 Å². The summed E-state index contributed by atoms with van der Waals surface area (Å²) in [5, 5.41) is 9.00. The quantitative estimate of drug-likeness (QED) is 0.374. The van der Waals surface area contributed by atoms with E-state index < -0.39 is 5.97 Å². The molecule has 2 rings (SSSR count). The van der Waals surface area contributed by atoms with Gasteiger partial charge in [-0.05, 0) is 35.8 Å². The molecule has 0 aliphatic carbocycles. The summed E-state index contributed by atoms with van der Waals surface area (Å²) < 4.78 is 9.93. The van der Waals surface area contributed by atoms with Crippen LogP contribution in [-0.2, 0) is 4.74 Å². The van der Waals surface area contributed by atoms with Gasteiger partial charge >= 0.3 is 5.97 Å². The van der Waals surface area contributed by atoms with Gasteiger partial charge in [-0.2, -0.15) is 5.10 Å². The molecule has 2 aromatic rings. The first-order chi connectivity index (χ1) is 11.2. The fraction of sp³-hybridized carbons (Fsp3) is 0.133. The van der Waals surface area contributed by atoms with Crippen LogP contribution in [0.25, 0.3) is 0 Å². The highest BCUT2D eigenvalue weighted by Gasteiger charge is 2.14. The van der Waals surface area contributed by atoms with Crippen LogP contribution in [0.3, 0.4) is 0 Å². The molecule has 0 aliphatic heterocycles. The van der Waals surface area contributed by atoms with Gasteiger partial charge in [0.25, 0.3) is 0 Å². The Morgan fingerprint density at radius 2 is 2.09 bits per heavy atom. The molecule has 23 heavy (non-hydrogen) atoms. The van der Waals surface area contributed by atoms with Gasteiger partial charge in [0.05, 0.1) is 26.1 Å². The number of hydrogen-bond donors (Lipinski definition) is 2. The Hall–Kier alpha value is -2.45. The van der Waals surface area contributed by atoms with Crippen molar-refractivity contribution in [2.75, 3.05) is 19.5 Å². The minimum Gasteiger partial charge on any atom is -0.496 e. The summed E-state index contributed by atoms with van der Waals surface area (Å²) >= 11 is 6.42. The number of hydrogen-bond acceptors (Lipinski definition) is 6. The summed E-state index contributed by atoms with van der Waals surface area (Å²) in [7, 11) is 2.93. The average Bonchev–Trinajstić information content (AvgIpc) is 3.02. The maximum absolute atomic E-state index is 11.6. The fourth-order valence-corrected chi connectivity index (χ4v) is 2.67. The predicted molar refractivity (Wildman–Crippen MR) is 95.6 cm³/mol. The summed E-state index contributed by atoms with van der Waals surface area (Å²) in [6.07, 6.45) is 1.60. The Morgan fingerprint density at radius 1 is 1.30 bits per heavy atom. The number of ether oxygens (including phenoxy) is 2. The third-order valence-corrected chi connectivity index (χ3v) is 3.88. The molecule has 0 unspecified atom stereocenters. The Kier molecular flexibility index (Phi) is 6.07. The van der Waals surface area contributed by atoms with Crippen molar-refractivity contribution < 1.29 is 14.3 Å². The van der Waals surface area contributed by atoms with Crippen molar-refractivity contribution in [1.82, 2.24) is 5.43 Å². The van der Waals surface area contributed by atoms with Crippen molar-refractivity contribution in [3.63, 3.8) is 0 Å². The van der Waals surface area contributed by atoms with Crippen molar-refractivity contribution >= 4 is 46.5 Å². The molecule has 0 saturated heterocycles. The number of thiocarbonyl (C=S) groups is 1. The van der Waals surface area contributed by atoms with Crippen LogP contribution in [0, 0.1) is 0 Å². The molecule has 0 atom stereocenters. The molecule has 120 valence electrons. The number of thiophene rings is 1. The molecule has 2 N–H and O–H groups in total. The fourth-order valence-electron chi connectivity index (χ4n) is 1.74. The van der Waals surface area contributed by atoms with E-state index in [9.17, 15) is 4.79 Å². The van der Waals surface area contributed by atoms with Crippen LogP contribution in [-0.4, -0.2) is 31.5 Å². The van der Waals surface area contributed by atoms with Crippen molar-refractivity contribution in [3.8, 4) is 5.75 Å². The van der Waals surface area contributed by atoms with Crippen molar-refractivity contribution in [1.29, 1.82) is 0 Å². The number of rotatable bonds is 5. The molecule has 0 saturated carbocycles. The molecule has 1 aromatic heterocycles. The number of nitrogens with zero attached hydrogens (tertiary/aromatic N) is 1. The highest BCUT2D eigenvalue weighted by Crippen LogP contribution is 2.23. The molecule has 1 heterocycles. The van der Waals surface area contributed by atoms with E-state index in [2.05, 4.69) is 15.8 Å². The van der Waals surface area contributed by atoms with Gasteiger partial charge in [-0.15, -0.1) is 11.3 Å². The van der Waals surface area contributed by atoms with E-state index in [1.165, 1.54) is 18.4 Å². The second-order valence-corrected chi connectivity index (χ2v) is 5.55. The van der Waals surface area contributed by atoms with Crippen LogP contribution in [0.4, 0.5) is 5.69 Å². The number of anilines is 1. The number of carbonyl (C=O) groups is 1. The second-order valence-electron chi connectivity index (χ2n) is 4.22. The topological polar surface area (TPSA) is 72.0 Å². The Morgan fingerprint density at radius 3 is 2.83 bits per heavy atom. The smallest absolute Gasteiger partial charge is 0.350 e. The largest absolute Gasteiger partial charge is 0.496 e. The monoisotopic (exact) mass is 349 g/mol. The molecule has 0 aliphatic rings. The van der Waals surface area contributed by atoms with Crippen LogP contribution in [0.1, 0.15) is 15.2 Å². The van der Waals surface area contributed by atoms with Gasteiger partial charge in [-0.3, -0.25) is 5.43 Å². The predicted octanol–water partition coefficient (Wildman–Crippen LogP) is 2.86. The minimum absolute atomic E-state index is 0.264. The zero-order valence-corrected chi connectivity index (χ0v) is 14.2. The van der Waals surface area contributed by atoms with Gasteiger partial charge in [-0.1, -0.05) is 12.1 Å². The summed E-state index contributed by atoms with van der Waals surface area (Å²) in [6, 6.07) is 9.21. The molecular weight excluding hydrogens is 334 g/mol. The molecule has 8 heteroatoms. The lowest BCUT2D eigenvalue weighted by atomic mass is 10.2. The second kappa shape index (κ2) is 8.25. The van der Waals surface area contributed by atoms with Gasteiger partial charge in [0.1, 0.15) is 10.6 Å². The van der Waals surface area contributed by atoms with Crippen molar-refractivity contribution in [3.05, 3.63) is 46.2 Å². The first kappa shape index (κ1) is 16.9. The Balaban J connectivity index is 1.97. The van der Waals surface area contributed by atoms with Gasteiger partial charge in [0.2, 0.25) is 0 Å². The number of benzene rings is 1. The van der Waals surface area contributed by atoms with E-state index >= 15 is 0 Å². The van der Waals surface area contributed by atoms with Crippen LogP contribution in [0.2, 0.25) is 0 Å². The van der Waals surface area contributed by atoms with Gasteiger partial charge in [0.15, 0.2) is 5.11 Å². The molecule has 1 aromatic carbocycles. The number of esters is 1. The number of methoxy groups -OCH3 is 2. The van der Waals surface area contributed by atoms with E-state index in [4.69, 9.17) is 21.7 Å². The van der Waals surface area contributed by atoms with E-state index in [-0.39, 0.29) is 5.11 Å². The summed E-state index contributed by atoms with van der Waals surface area (Å²) in [4.78, 5) is 12.0. The molecule has 0 bridgehead atoms. The Bertz CT molecular complexity index is 728. The first-order valence-electron chi connectivity index (χ1n) is 6.54. The molecule has 0 amide bonds. The lowest BCUT2D eigenvalue weighted by Gasteiger charge is -2.07. The van der Waals surface area contributed by atoms with Gasteiger partial charge < -0.3 is 14.8 Å². The standard InChI is InChI=1S/C15H15N3O3S2/c1-20-12-6-4-3-5-10(12)9-16-18-15(22)17-11-7-8-23-13(11)14(19)21-2/h3-9H,1-2H3,(H2,17,18,22)/b16-9+. The van der Waals surface area contributed by atoms with E-state index in [0.717, 1.165) is 5.56 Å². The highest BCUT2D eigenvalue weighted by molar-refractivity contribution is 7.80. The molecule has 6 nitrogen and oxygen atoms in total. The number of para-hydroxylation sites is 1. The first-order valence-corrected chi connectivity index (χ1v) is 7.83. The molecule has 0 radical (unpaired) electrons. The minimum atomic E-state index is -0.414. The summed E-state index contributed by atoms with van der Waals surface area (Å²) in [5.74, 6) is 0.297. The summed E-state index contributed by atoms with van der Waals surface area (Å²) in [6.45, 7) is 0. The van der Waals surface area contributed by atoms with E-state index in [1.54, 1.807) is 24.8 Å². The van der Waals surface area contributed by atoms with Gasteiger partial charge in [-0.25, -0.2) is 4.79 Å².